The number of hydrogen-bond acceptors (Lipinski definition) is 6. The molecule has 0 aliphatic rings. The lowest BCUT2D eigenvalue weighted by atomic mass is 10.3. The van der Waals surface area contributed by atoms with Crippen molar-refractivity contribution in [3.63, 3.8) is 0 Å². The summed E-state index contributed by atoms with van der Waals surface area (Å²) in [6.45, 7) is 1.45. The number of aromatic nitrogens is 2. The van der Waals surface area contributed by atoms with Gasteiger partial charge >= 0.3 is 0 Å². The Morgan fingerprint density at radius 2 is 2.44 bits per heavy atom. The average molecular weight is 255 g/mol. The van der Waals surface area contributed by atoms with Crippen LogP contribution in [0.5, 0.6) is 0 Å². The molecule has 2 heterocycles. The van der Waals surface area contributed by atoms with Gasteiger partial charge in [-0.15, -0.1) is 11.3 Å². The molecule has 0 fully saturated rings. The van der Waals surface area contributed by atoms with Gasteiger partial charge in [0.2, 0.25) is 5.13 Å². The Labute approximate surface area is 102 Å². The smallest absolute Gasteiger partial charge is 0.202 e. The second-order valence-electron chi connectivity index (χ2n) is 3.19. The van der Waals surface area contributed by atoms with E-state index in [1.165, 1.54) is 16.4 Å². The van der Waals surface area contributed by atoms with Gasteiger partial charge in [-0.25, -0.2) is 4.98 Å². The van der Waals surface area contributed by atoms with Crippen LogP contribution in [0.25, 0.3) is 0 Å². The predicted molar refractivity (Wildman–Crippen MR) is 67.4 cm³/mol. The highest BCUT2D eigenvalue weighted by molar-refractivity contribution is 7.10. The first kappa shape index (κ1) is 11.5. The third-order valence-corrected chi connectivity index (χ3v) is 3.55. The predicted octanol–water partition coefficient (Wildman–Crippen LogP) is 2.25. The Morgan fingerprint density at radius 1 is 1.50 bits per heavy atom. The average Bonchev–Trinajstić information content (AvgIpc) is 2.91. The maximum absolute atomic E-state index is 4.95. The van der Waals surface area contributed by atoms with Crippen molar-refractivity contribution in [3.8, 4) is 0 Å². The van der Waals surface area contributed by atoms with Crippen LogP contribution in [0.2, 0.25) is 0 Å². The summed E-state index contributed by atoms with van der Waals surface area (Å²) in [5.74, 6) is 0.882. The lowest BCUT2D eigenvalue weighted by Gasteiger charge is -1.98. The van der Waals surface area contributed by atoms with Crippen LogP contribution in [0.3, 0.4) is 0 Å². The Bertz CT molecular complexity index is 413. The van der Waals surface area contributed by atoms with Crippen molar-refractivity contribution in [2.24, 2.45) is 0 Å². The monoisotopic (exact) mass is 255 g/mol. The maximum Gasteiger partial charge on any atom is 0.202 e. The number of hydrogen-bond donors (Lipinski definition) is 1. The zero-order valence-corrected chi connectivity index (χ0v) is 10.6. The second kappa shape index (κ2) is 5.93. The lowest BCUT2D eigenvalue weighted by molar-refractivity contribution is 0.211. The highest BCUT2D eigenvalue weighted by Gasteiger charge is 2.04. The zero-order chi connectivity index (χ0) is 11.2. The first-order chi connectivity index (χ1) is 7.88. The van der Waals surface area contributed by atoms with E-state index in [-0.39, 0.29) is 0 Å². The van der Waals surface area contributed by atoms with Crippen LogP contribution in [-0.4, -0.2) is 29.6 Å². The number of ether oxygens (including phenoxy) is 1. The summed E-state index contributed by atoms with van der Waals surface area (Å²) in [5, 5.41) is 6.10. The number of anilines is 1. The summed E-state index contributed by atoms with van der Waals surface area (Å²) < 4.78 is 9.25. The van der Waals surface area contributed by atoms with Gasteiger partial charge in [0, 0.05) is 36.5 Å². The second-order valence-corrected chi connectivity index (χ2v) is 4.98. The Balaban J connectivity index is 1.87. The third-order valence-electron chi connectivity index (χ3n) is 1.96. The van der Waals surface area contributed by atoms with Crippen molar-refractivity contribution in [3.05, 3.63) is 28.2 Å². The summed E-state index contributed by atoms with van der Waals surface area (Å²) in [4.78, 5) is 5.70. The Morgan fingerprint density at radius 3 is 3.19 bits per heavy atom. The van der Waals surface area contributed by atoms with Gasteiger partial charge in [0.1, 0.15) is 5.82 Å². The fraction of sp³-hybridized carbons (Fsp3) is 0.400. The van der Waals surface area contributed by atoms with Crippen LogP contribution in [0.15, 0.2) is 17.5 Å². The molecule has 1 N–H and O–H groups in total. The van der Waals surface area contributed by atoms with Crippen LogP contribution in [0.1, 0.15) is 10.7 Å². The summed E-state index contributed by atoms with van der Waals surface area (Å²) >= 11 is 3.13. The van der Waals surface area contributed by atoms with Gasteiger partial charge in [-0.2, -0.15) is 4.37 Å². The normalized spacial score (nSPS) is 10.6. The first-order valence-corrected chi connectivity index (χ1v) is 6.61. The molecular weight excluding hydrogens is 242 g/mol. The van der Waals surface area contributed by atoms with Crippen LogP contribution >= 0.6 is 22.9 Å². The van der Waals surface area contributed by atoms with Crippen molar-refractivity contribution >= 4 is 28.0 Å². The van der Waals surface area contributed by atoms with E-state index in [9.17, 15) is 0 Å². The molecule has 0 bridgehead atoms. The van der Waals surface area contributed by atoms with Gasteiger partial charge in [0.25, 0.3) is 0 Å². The molecule has 86 valence electrons. The van der Waals surface area contributed by atoms with Gasteiger partial charge < -0.3 is 10.1 Å². The first-order valence-electron chi connectivity index (χ1n) is 4.96. The molecule has 0 amide bonds. The molecule has 0 atom stereocenters. The molecule has 0 unspecified atom stereocenters. The van der Waals surface area contributed by atoms with E-state index < -0.39 is 0 Å². The fourth-order valence-corrected chi connectivity index (χ4v) is 2.54. The Hall–Kier alpha value is -0.980. The van der Waals surface area contributed by atoms with Gasteiger partial charge in [-0.3, -0.25) is 0 Å². The summed E-state index contributed by atoms with van der Waals surface area (Å²) in [6.07, 6.45) is 0.820. The number of thiophene rings is 1. The summed E-state index contributed by atoms with van der Waals surface area (Å²) in [5.41, 5.74) is 0. The number of rotatable bonds is 6. The van der Waals surface area contributed by atoms with Crippen molar-refractivity contribution in [2.75, 3.05) is 25.6 Å². The molecule has 16 heavy (non-hydrogen) atoms. The standard InChI is InChI=1S/C10H13N3OS2/c1-14-5-4-11-10-12-9(13-16-10)7-8-3-2-6-15-8/h2-3,6H,4-5,7H2,1H3,(H,11,12,13). The molecule has 0 aromatic carbocycles. The van der Waals surface area contributed by atoms with Crippen LogP contribution in [0.4, 0.5) is 5.13 Å². The van der Waals surface area contributed by atoms with Gasteiger partial charge in [-0.05, 0) is 11.4 Å². The topological polar surface area (TPSA) is 47.0 Å². The molecule has 4 nitrogen and oxygen atoms in total. The van der Waals surface area contributed by atoms with Crippen LogP contribution < -0.4 is 5.32 Å². The molecule has 2 rings (SSSR count). The van der Waals surface area contributed by atoms with E-state index in [2.05, 4.69) is 26.1 Å². The molecule has 6 heteroatoms. The molecule has 2 aromatic heterocycles. The summed E-state index contributed by atoms with van der Waals surface area (Å²) in [7, 11) is 1.68. The number of nitrogens with one attached hydrogen (secondary N) is 1. The minimum atomic E-state index is 0.680. The van der Waals surface area contributed by atoms with Gasteiger partial charge in [-0.1, -0.05) is 6.07 Å². The molecule has 0 aliphatic heterocycles. The van der Waals surface area contributed by atoms with Crippen molar-refractivity contribution in [1.82, 2.24) is 9.36 Å². The number of methoxy groups -OCH3 is 1. The minimum Gasteiger partial charge on any atom is -0.383 e. The molecule has 0 saturated carbocycles. The summed E-state index contributed by atoms with van der Waals surface area (Å²) in [6, 6.07) is 4.15. The van der Waals surface area contributed by atoms with Crippen molar-refractivity contribution in [2.45, 2.75) is 6.42 Å². The SMILES string of the molecule is COCCNc1nc(Cc2cccs2)ns1. The molecule has 0 saturated heterocycles. The van der Waals surface area contributed by atoms with E-state index >= 15 is 0 Å². The van der Waals surface area contributed by atoms with E-state index in [0.717, 1.165) is 23.9 Å². The highest BCUT2D eigenvalue weighted by atomic mass is 32.1. The van der Waals surface area contributed by atoms with Crippen molar-refractivity contribution in [1.29, 1.82) is 0 Å². The van der Waals surface area contributed by atoms with Gasteiger partial charge in [0.05, 0.1) is 6.61 Å². The molecule has 0 aliphatic carbocycles. The molecular formula is C10H13N3OS2. The van der Waals surface area contributed by atoms with Gasteiger partial charge in [0.15, 0.2) is 0 Å². The minimum absolute atomic E-state index is 0.680. The van der Waals surface area contributed by atoms with Crippen LogP contribution in [-0.2, 0) is 11.2 Å². The van der Waals surface area contributed by atoms with E-state index in [0.29, 0.717) is 6.61 Å². The lowest BCUT2D eigenvalue weighted by Crippen LogP contribution is -2.07. The largest absolute Gasteiger partial charge is 0.383 e. The quantitative estimate of drug-likeness (QED) is 0.804. The Kier molecular flexibility index (Phi) is 4.26. The fourth-order valence-electron chi connectivity index (χ4n) is 1.23. The zero-order valence-electron chi connectivity index (χ0n) is 8.97. The third kappa shape index (κ3) is 3.26. The number of nitrogens with zero attached hydrogens (tertiary/aromatic N) is 2. The van der Waals surface area contributed by atoms with E-state index in [1.54, 1.807) is 18.4 Å². The molecule has 0 spiro atoms. The van der Waals surface area contributed by atoms with Crippen LogP contribution in [0, 0.1) is 0 Å². The molecule has 2 aromatic rings. The van der Waals surface area contributed by atoms with E-state index in [4.69, 9.17) is 4.74 Å². The molecule has 0 radical (unpaired) electrons. The van der Waals surface area contributed by atoms with Crippen molar-refractivity contribution < 1.29 is 4.74 Å². The highest BCUT2D eigenvalue weighted by Crippen LogP contribution is 2.16. The maximum atomic E-state index is 4.95. The van der Waals surface area contributed by atoms with E-state index in [1.807, 2.05) is 6.07 Å².